The highest BCUT2D eigenvalue weighted by atomic mass is 32.2. The van der Waals surface area contributed by atoms with E-state index in [9.17, 15) is 13.2 Å². The van der Waals surface area contributed by atoms with Crippen molar-refractivity contribution in [3.63, 3.8) is 0 Å². The maximum atomic E-state index is 12.6. The van der Waals surface area contributed by atoms with E-state index >= 15 is 0 Å². The van der Waals surface area contributed by atoms with E-state index in [1.165, 1.54) is 36.6 Å². The number of nitrogens with zero attached hydrogens (tertiary/aromatic N) is 2. The number of ether oxygens (including phenoxy) is 1. The van der Waals surface area contributed by atoms with Crippen LogP contribution in [0.15, 0.2) is 23.1 Å². The molecule has 0 unspecified atom stereocenters. The summed E-state index contributed by atoms with van der Waals surface area (Å²) in [6.45, 7) is 6.07. The van der Waals surface area contributed by atoms with Crippen molar-refractivity contribution in [2.24, 2.45) is 5.92 Å². The van der Waals surface area contributed by atoms with Crippen LogP contribution < -0.4 is 14.8 Å². The molecule has 0 saturated carbocycles. The Bertz CT molecular complexity index is 878. The summed E-state index contributed by atoms with van der Waals surface area (Å²) in [6.07, 6.45) is 0.771. The smallest absolute Gasteiger partial charge is 0.261 e. The summed E-state index contributed by atoms with van der Waals surface area (Å²) in [6, 6.07) is 4.12. The SMILES string of the molecule is CCNS(=O)(=O)c1ccc(OC)c(C(=O)Nc2nnc(CC(C)C)s2)c1. The fourth-order valence-corrected chi connectivity index (χ4v) is 4.22. The Morgan fingerprint density at radius 3 is 2.65 bits per heavy atom. The molecule has 2 N–H and O–H groups in total. The zero-order valence-corrected chi connectivity index (χ0v) is 16.7. The molecule has 1 aromatic heterocycles. The topological polar surface area (TPSA) is 110 Å². The number of hydrogen-bond acceptors (Lipinski definition) is 7. The molecule has 1 heterocycles. The second-order valence-corrected chi connectivity index (χ2v) is 8.75. The molecule has 0 bridgehead atoms. The predicted octanol–water partition coefficient (Wildman–Crippen LogP) is 2.30. The Labute approximate surface area is 157 Å². The van der Waals surface area contributed by atoms with Crippen molar-refractivity contribution in [1.82, 2.24) is 14.9 Å². The monoisotopic (exact) mass is 398 g/mol. The van der Waals surface area contributed by atoms with Crippen LogP contribution in [0.25, 0.3) is 0 Å². The van der Waals surface area contributed by atoms with Gasteiger partial charge in [0.15, 0.2) is 0 Å². The Balaban J connectivity index is 2.28. The van der Waals surface area contributed by atoms with Crippen LogP contribution in [-0.4, -0.2) is 38.2 Å². The van der Waals surface area contributed by atoms with Gasteiger partial charge in [-0.25, -0.2) is 13.1 Å². The first-order valence-electron chi connectivity index (χ1n) is 8.08. The number of sulfonamides is 1. The van der Waals surface area contributed by atoms with Crippen LogP contribution in [0.1, 0.15) is 36.1 Å². The van der Waals surface area contributed by atoms with Gasteiger partial charge < -0.3 is 4.74 Å². The fourth-order valence-electron chi connectivity index (χ4n) is 2.21. The van der Waals surface area contributed by atoms with Crippen molar-refractivity contribution >= 4 is 32.4 Å². The summed E-state index contributed by atoms with van der Waals surface area (Å²) >= 11 is 1.29. The normalized spacial score (nSPS) is 11.6. The molecule has 1 aromatic carbocycles. The molecule has 0 aliphatic carbocycles. The van der Waals surface area contributed by atoms with Gasteiger partial charge in [0.05, 0.1) is 17.6 Å². The molecule has 0 aliphatic heterocycles. The van der Waals surface area contributed by atoms with Gasteiger partial charge in [-0.3, -0.25) is 10.1 Å². The quantitative estimate of drug-likeness (QED) is 0.706. The van der Waals surface area contributed by atoms with Crippen LogP contribution in [-0.2, 0) is 16.4 Å². The Morgan fingerprint density at radius 1 is 1.31 bits per heavy atom. The molecular formula is C16H22N4O4S2. The van der Waals surface area contributed by atoms with E-state index in [0.29, 0.717) is 11.0 Å². The molecule has 26 heavy (non-hydrogen) atoms. The van der Waals surface area contributed by atoms with Crippen LogP contribution in [0.2, 0.25) is 0 Å². The zero-order chi connectivity index (χ0) is 19.3. The summed E-state index contributed by atoms with van der Waals surface area (Å²) in [5.74, 6) is 0.187. The minimum Gasteiger partial charge on any atom is -0.496 e. The second kappa shape index (κ2) is 8.56. The molecule has 2 rings (SSSR count). The van der Waals surface area contributed by atoms with E-state index in [4.69, 9.17) is 4.74 Å². The molecule has 0 radical (unpaired) electrons. The first kappa shape index (κ1) is 20.3. The Morgan fingerprint density at radius 2 is 2.04 bits per heavy atom. The van der Waals surface area contributed by atoms with Crippen LogP contribution in [0.4, 0.5) is 5.13 Å². The molecule has 0 spiro atoms. The summed E-state index contributed by atoms with van der Waals surface area (Å²) in [5, 5.41) is 11.8. The van der Waals surface area contributed by atoms with Gasteiger partial charge in [-0.05, 0) is 24.1 Å². The average Bonchev–Trinajstić information content (AvgIpc) is 3.00. The van der Waals surface area contributed by atoms with E-state index < -0.39 is 15.9 Å². The molecule has 1 amide bonds. The minimum atomic E-state index is -3.68. The van der Waals surface area contributed by atoms with Gasteiger partial charge in [0, 0.05) is 13.0 Å². The van der Waals surface area contributed by atoms with Crippen molar-refractivity contribution in [2.45, 2.75) is 32.1 Å². The zero-order valence-electron chi connectivity index (χ0n) is 15.1. The highest BCUT2D eigenvalue weighted by molar-refractivity contribution is 7.89. The number of aromatic nitrogens is 2. The second-order valence-electron chi connectivity index (χ2n) is 5.92. The Hall–Kier alpha value is -2.04. The molecule has 0 saturated heterocycles. The third-order valence-corrected chi connectivity index (χ3v) is 5.73. The van der Waals surface area contributed by atoms with Gasteiger partial charge in [-0.2, -0.15) is 0 Å². The number of carbonyl (C=O) groups excluding carboxylic acids is 1. The molecule has 0 aliphatic rings. The number of amides is 1. The van der Waals surface area contributed by atoms with E-state index in [1.54, 1.807) is 6.92 Å². The molecule has 8 nitrogen and oxygen atoms in total. The van der Waals surface area contributed by atoms with Crippen LogP contribution >= 0.6 is 11.3 Å². The number of methoxy groups -OCH3 is 1. The minimum absolute atomic E-state index is 0.0111. The summed E-state index contributed by atoms with van der Waals surface area (Å²) in [7, 11) is -2.27. The lowest BCUT2D eigenvalue weighted by atomic mass is 10.1. The number of nitrogens with one attached hydrogen (secondary N) is 2. The number of benzene rings is 1. The Kier molecular flexibility index (Phi) is 6.68. The molecule has 142 valence electrons. The van der Waals surface area contributed by atoms with Crippen molar-refractivity contribution in [3.05, 3.63) is 28.8 Å². The van der Waals surface area contributed by atoms with E-state index in [0.717, 1.165) is 11.4 Å². The lowest BCUT2D eigenvalue weighted by Gasteiger charge is -2.11. The van der Waals surface area contributed by atoms with Gasteiger partial charge in [0.1, 0.15) is 10.8 Å². The summed E-state index contributed by atoms with van der Waals surface area (Å²) in [5.41, 5.74) is 0.104. The standard InChI is InChI=1S/C16H22N4O4S2/c1-5-17-26(22,23)11-6-7-13(24-4)12(9-11)15(21)18-16-20-19-14(25-16)8-10(2)3/h6-7,9-10,17H,5,8H2,1-4H3,(H,18,20,21). The van der Waals surface area contributed by atoms with Crippen LogP contribution in [0.5, 0.6) is 5.75 Å². The van der Waals surface area contributed by atoms with E-state index in [-0.39, 0.29) is 22.8 Å². The maximum absolute atomic E-state index is 12.6. The third kappa shape index (κ3) is 4.99. The van der Waals surface area contributed by atoms with Crippen LogP contribution in [0, 0.1) is 5.92 Å². The third-order valence-electron chi connectivity index (χ3n) is 3.33. The first-order chi connectivity index (χ1) is 12.3. The molecule has 2 aromatic rings. The van der Waals surface area contributed by atoms with Gasteiger partial charge in [0.25, 0.3) is 5.91 Å². The van der Waals surface area contributed by atoms with E-state index in [1.807, 2.05) is 0 Å². The highest BCUT2D eigenvalue weighted by Gasteiger charge is 2.20. The van der Waals surface area contributed by atoms with Crippen molar-refractivity contribution in [2.75, 3.05) is 19.0 Å². The van der Waals surface area contributed by atoms with E-state index in [2.05, 4.69) is 34.1 Å². The average molecular weight is 399 g/mol. The van der Waals surface area contributed by atoms with Gasteiger partial charge in [-0.15, -0.1) is 10.2 Å². The van der Waals surface area contributed by atoms with Crippen molar-refractivity contribution in [1.29, 1.82) is 0 Å². The summed E-state index contributed by atoms with van der Waals surface area (Å²) in [4.78, 5) is 12.6. The number of carbonyl (C=O) groups is 1. The van der Waals surface area contributed by atoms with Crippen molar-refractivity contribution < 1.29 is 17.9 Å². The molecule has 10 heteroatoms. The number of anilines is 1. The van der Waals surface area contributed by atoms with Gasteiger partial charge >= 0.3 is 0 Å². The molecule has 0 fully saturated rings. The van der Waals surface area contributed by atoms with Crippen LogP contribution in [0.3, 0.4) is 0 Å². The number of rotatable bonds is 8. The largest absolute Gasteiger partial charge is 0.496 e. The molecular weight excluding hydrogens is 376 g/mol. The van der Waals surface area contributed by atoms with Crippen molar-refractivity contribution in [3.8, 4) is 5.75 Å². The highest BCUT2D eigenvalue weighted by Crippen LogP contribution is 2.25. The summed E-state index contributed by atoms with van der Waals surface area (Å²) < 4.78 is 31.9. The maximum Gasteiger partial charge on any atom is 0.261 e. The predicted molar refractivity (Wildman–Crippen MR) is 100 cm³/mol. The lowest BCUT2D eigenvalue weighted by molar-refractivity contribution is 0.102. The molecule has 0 atom stereocenters. The van der Waals surface area contributed by atoms with Gasteiger partial charge in [0.2, 0.25) is 15.2 Å². The lowest BCUT2D eigenvalue weighted by Crippen LogP contribution is -2.23. The van der Waals surface area contributed by atoms with Gasteiger partial charge in [-0.1, -0.05) is 32.1 Å². The fraction of sp³-hybridized carbons (Fsp3) is 0.438. The first-order valence-corrected chi connectivity index (χ1v) is 10.4. The number of hydrogen-bond donors (Lipinski definition) is 2.